The number of thioether (sulfide) groups is 1. The van der Waals surface area contributed by atoms with Crippen LogP contribution in [0.3, 0.4) is 0 Å². The number of carbonyl (C=O) groups is 2. The van der Waals surface area contributed by atoms with Crippen LogP contribution in [0.2, 0.25) is 0 Å². The largest absolute Gasteiger partial charge is 0.481 e. The highest BCUT2D eigenvalue weighted by Gasteiger charge is 2.15. The van der Waals surface area contributed by atoms with Crippen molar-refractivity contribution in [2.75, 3.05) is 37.8 Å². The fourth-order valence-corrected chi connectivity index (χ4v) is 3.40. The lowest BCUT2D eigenvalue weighted by Gasteiger charge is -2.26. The highest BCUT2D eigenvalue weighted by Crippen LogP contribution is 2.12. The van der Waals surface area contributed by atoms with Gasteiger partial charge in [0, 0.05) is 19.5 Å². The van der Waals surface area contributed by atoms with Crippen LogP contribution in [0.25, 0.3) is 0 Å². The number of hydrogen-bond acceptors (Lipinski definition) is 4. The Labute approximate surface area is 144 Å². The van der Waals surface area contributed by atoms with Crippen LogP contribution in [0.5, 0.6) is 0 Å². The summed E-state index contributed by atoms with van der Waals surface area (Å²) in [6, 6.07) is 0. The van der Waals surface area contributed by atoms with Gasteiger partial charge < -0.3 is 14.7 Å². The van der Waals surface area contributed by atoms with E-state index < -0.39 is 5.97 Å². The second-order valence-electron chi connectivity index (χ2n) is 6.02. The molecule has 134 valence electrons. The molecule has 0 aromatic rings. The van der Waals surface area contributed by atoms with E-state index in [9.17, 15) is 9.59 Å². The Kier molecular flexibility index (Phi) is 12.1. The minimum Gasteiger partial charge on any atom is -0.481 e. The van der Waals surface area contributed by atoms with Gasteiger partial charge in [0.1, 0.15) is 0 Å². The van der Waals surface area contributed by atoms with Gasteiger partial charge in [-0.2, -0.15) is 11.8 Å². The Morgan fingerprint density at radius 2 is 1.48 bits per heavy atom. The van der Waals surface area contributed by atoms with Gasteiger partial charge in [0.05, 0.1) is 19.0 Å². The zero-order valence-corrected chi connectivity index (χ0v) is 15.0. The second kappa shape index (κ2) is 13.7. The second-order valence-corrected chi connectivity index (χ2v) is 7.12. The van der Waals surface area contributed by atoms with Gasteiger partial charge in [0.2, 0.25) is 5.91 Å². The molecule has 5 nitrogen and oxygen atoms in total. The van der Waals surface area contributed by atoms with E-state index in [0.717, 1.165) is 38.1 Å². The third-order valence-electron chi connectivity index (χ3n) is 4.02. The standard InChI is InChI=1S/C17H31NO4S/c19-16(18-10-12-22-13-11-18)9-7-5-3-1-2-4-6-8-14-23-15-17(20)21/h1-15H2,(H,20,21). The summed E-state index contributed by atoms with van der Waals surface area (Å²) in [4.78, 5) is 24.2. The summed E-state index contributed by atoms with van der Waals surface area (Å²) in [5.41, 5.74) is 0. The van der Waals surface area contributed by atoms with Crippen molar-refractivity contribution in [3.63, 3.8) is 0 Å². The highest BCUT2D eigenvalue weighted by molar-refractivity contribution is 7.99. The lowest BCUT2D eigenvalue weighted by atomic mass is 10.1. The molecule has 0 unspecified atom stereocenters. The van der Waals surface area contributed by atoms with E-state index in [0.29, 0.717) is 19.6 Å². The van der Waals surface area contributed by atoms with Gasteiger partial charge in [-0.15, -0.1) is 0 Å². The predicted molar refractivity (Wildman–Crippen MR) is 93.9 cm³/mol. The summed E-state index contributed by atoms with van der Waals surface area (Å²) in [6.07, 6.45) is 10.1. The Morgan fingerprint density at radius 3 is 2.09 bits per heavy atom. The Bertz CT molecular complexity index is 333. The molecule has 1 rings (SSSR count). The van der Waals surface area contributed by atoms with Crippen LogP contribution in [0.4, 0.5) is 0 Å². The van der Waals surface area contributed by atoms with E-state index in [4.69, 9.17) is 9.84 Å². The summed E-state index contributed by atoms with van der Waals surface area (Å²) in [6.45, 7) is 2.87. The first-order valence-electron chi connectivity index (χ1n) is 8.85. The summed E-state index contributed by atoms with van der Waals surface area (Å²) < 4.78 is 5.25. The molecule has 1 amide bonds. The van der Waals surface area contributed by atoms with Crippen molar-refractivity contribution in [1.82, 2.24) is 4.90 Å². The van der Waals surface area contributed by atoms with E-state index in [2.05, 4.69) is 0 Å². The summed E-state index contributed by atoms with van der Waals surface area (Å²) in [7, 11) is 0. The number of carboxylic acid groups (broad SMARTS) is 1. The molecule has 1 fully saturated rings. The third-order valence-corrected chi connectivity index (χ3v) is 5.05. The van der Waals surface area contributed by atoms with E-state index in [1.807, 2.05) is 4.90 Å². The van der Waals surface area contributed by atoms with Gasteiger partial charge >= 0.3 is 5.97 Å². The monoisotopic (exact) mass is 345 g/mol. The zero-order chi connectivity index (χ0) is 16.8. The maximum absolute atomic E-state index is 11.9. The number of carbonyl (C=O) groups excluding carboxylic acids is 1. The van der Waals surface area contributed by atoms with Crippen molar-refractivity contribution >= 4 is 23.6 Å². The fourth-order valence-electron chi connectivity index (χ4n) is 2.67. The number of carboxylic acids is 1. The average molecular weight is 346 g/mol. The minimum atomic E-state index is -0.720. The number of aliphatic carboxylic acids is 1. The molecule has 1 N–H and O–H groups in total. The van der Waals surface area contributed by atoms with Crippen molar-refractivity contribution in [3.8, 4) is 0 Å². The van der Waals surface area contributed by atoms with Gasteiger partial charge in [-0.05, 0) is 18.6 Å². The maximum atomic E-state index is 11.9. The number of ether oxygens (including phenoxy) is 1. The summed E-state index contributed by atoms with van der Waals surface area (Å²) >= 11 is 1.51. The molecule has 0 atom stereocenters. The van der Waals surface area contributed by atoms with E-state index >= 15 is 0 Å². The normalized spacial score (nSPS) is 14.9. The topological polar surface area (TPSA) is 66.8 Å². The number of morpholine rings is 1. The van der Waals surface area contributed by atoms with Crippen LogP contribution in [-0.2, 0) is 14.3 Å². The quantitative estimate of drug-likeness (QED) is 0.519. The number of rotatable bonds is 13. The minimum absolute atomic E-state index is 0.225. The summed E-state index contributed by atoms with van der Waals surface area (Å²) in [5.74, 6) is 0.744. The van der Waals surface area contributed by atoms with Crippen molar-refractivity contribution in [1.29, 1.82) is 0 Å². The molecule has 0 bridgehead atoms. The molecule has 6 heteroatoms. The van der Waals surface area contributed by atoms with E-state index in [-0.39, 0.29) is 11.7 Å². The Hall–Kier alpha value is -0.750. The molecule has 0 spiro atoms. The van der Waals surface area contributed by atoms with Gasteiger partial charge in [-0.1, -0.05) is 38.5 Å². The molecular weight excluding hydrogens is 314 g/mol. The van der Waals surface area contributed by atoms with Crippen LogP contribution in [0.1, 0.15) is 57.8 Å². The van der Waals surface area contributed by atoms with Gasteiger partial charge in [-0.25, -0.2) is 0 Å². The highest BCUT2D eigenvalue weighted by atomic mass is 32.2. The fraction of sp³-hybridized carbons (Fsp3) is 0.882. The molecule has 23 heavy (non-hydrogen) atoms. The van der Waals surface area contributed by atoms with Crippen molar-refractivity contribution in [2.45, 2.75) is 57.8 Å². The van der Waals surface area contributed by atoms with Gasteiger partial charge in [0.25, 0.3) is 0 Å². The molecule has 0 radical (unpaired) electrons. The first kappa shape index (κ1) is 20.3. The van der Waals surface area contributed by atoms with Crippen LogP contribution >= 0.6 is 11.8 Å². The number of hydrogen-bond donors (Lipinski definition) is 1. The lowest BCUT2D eigenvalue weighted by molar-refractivity contribution is -0.135. The first-order chi connectivity index (χ1) is 11.2. The van der Waals surface area contributed by atoms with Crippen LogP contribution in [0, 0.1) is 0 Å². The Morgan fingerprint density at radius 1 is 0.913 bits per heavy atom. The number of unbranched alkanes of at least 4 members (excludes halogenated alkanes) is 7. The summed E-state index contributed by atoms with van der Waals surface area (Å²) in [5, 5.41) is 8.52. The van der Waals surface area contributed by atoms with Crippen molar-refractivity contribution < 1.29 is 19.4 Å². The SMILES string of the molecule is O=C(O)CSCCCCCCCCCCC(=O)N1CCOCC1. The molecule has 1 aliphatic rings. The average Bonchev–Trinajstić information content (AvgIpc) is 2.56. The third kappa shape index (κ3) is 11.4. The number of nitrogens with zero attached hydrogens (tertiary/aromatic N) is 1. The first-order valence-corrected chi connectivity index (χ1v) is 10.0. The zero-order valence-electron chi connectivity index (χ0n) is 14.1. The van der Waals surface area contributed by atoms with Crippen LogP contribution in [0.15, 0.2) is 0 Å². The molecule has 0 aliphatic carbocycles. The molecule has 0 aromatic carbocycles. The maximum Gasteiger partial charge on any atom is 0.313 e. The van der Waals surface area contributed by atoms with Gasteiger partial charge in [0.15, 0.2) is 0 Å². The van der Waals surface area contributed by atoms with Gasteiger partial charge in [-0.3, -0.25) is 9.59 Å². The van der Waals surface area contributed by atoms with Crippen molar-refractivity contribution in [2.24, 2.45) is 0 Å². The number of amides is 1. The molecular formula is C17H31NO4S. The lowest BCUT2D eigenvalue weighted by Crippen LogP contribution is -2.40. The predicted octanol–water partition coefficient (Wildman–Crippen LogP) is 3.17. The van der Waals surface area contributed by atoms with Crippen LogP contribution < -0.4 is 0 Å². The van der Waals surface area contributed by atoms with Crippen molar-refractivity contribution in [3.05, 3.63) is 0 Å². The molecule has 1 aliphatic heterocycles. The molecule has 1 saturated heterocycles. The van der Waals surface area contributed by atoms with Crippen LogP contribution in [-0.4, -0.2) is 59.7 Å². The van der Waals surface area contributed by atoms with E-state index in [1.165, 1.54) is 43.9 Å². The Balaban J connectivity index is 1.79. The van der Waals surface area contributed by atoms with E-state index in [1.54, 1.807) is 0 Å². The molecule has 0 aromatic heterocycles. The molecule has 1 heterocycles. The molecule has 0 saturated carbocycles. The smallest absolute Gasteiger partial charge is 0.313 e.